The van der Waals surface area contributed by atoms with Gasteiger partial charge in [0.1, 0.15) is 0 Å². The summed E-state index contributed by atoms with van der Waals surface area (Å²) in [7, 11) is 0. The van der Waals surface area contributed by atoms with Crippen LogP contribution in [0.15, 0.2) is 72.3 Å². The first-order valence-corrected chi connectivity index (χ1v) is 13.7. The van der Waals surface area contributed by atoms with Gasteiger partial charge in [0.05, 0.1) is 0 Å². The average molecular weight is 431 g/mol. The van der Waals surface area contributed by atoms with E-state index < -0.39 is 0 Å². The third kappa shape index (κ3) is 10.7. The second-order valence-corrected chi connectivity index (χ2v) is 10.0. The summed E-state index contributed by atoms with van der Waals surface area (Å²) in [4.78, 5) is 0. The largest absolute Gasteiger partial charge is 0.0853 e. The molecule has 0 saturated heterocycles. The third-order valence-electron chi connectivity index (χ3n) is 7.34. The molecule has 174 valence electrons. The van der Waals surface area contributed by atoms with Crippen molar-refractivity contribution in [2.75, 3.05) is 0 Å². The first-order chi connectivity index (χ1) is 15.9. The molecule has 0 nitrogen and oxygen atoms in total. The van der Waals surface area contributed by atoms with Gasteiger partial charge in [-0.15, -0.1) is 0 Å². The van der Waals surface area contributed by atoms with E-state index in [0.29, 0.717) is 0 Å². The highest BCUT2D eigenvalue weighted by molar-refractivity contribution is 5.15. The van der Waals surface area contributed by atoms with Crippen molar-refractivity contribution in [3.63, 3.8) is 0 Å². The maximum atomic E-state index is 2.50. The van der Waals surface area contributed by atoms with Crippen molar-refractivity contribution < 1.29 is 0 Å². The number of hydrogen-bond acceptors (Lipinski definition) is 0. The Morgan fingerprint density at radius 1 is 0.594 bits per heavy atom. The fourth-order valence-corrected chi connectivity index (χ4v) is 5.35. The zero-order chi connectivity index (χ0) is 22.1. The van der Waals surface area contributed by atoms with Crippen LogP contribution in [-0.2, 0) is 12.8 Å². The fraction of sp³-hybridized carbons (Fsp3) is 0.562. The predicted molar refractivity (Wildman–Crippen MR) is 141 cm³/mol. The Morgan fingerprint density at radius 3 is 1.78 bits per heavy atom. The van der Waals surface area contributed by atoms with Gasteiger partial charge in [0.25, 0.3) is 0 Å². The highest BCUT2D eigenvalue weighted by atomic mass is 14.2. The number of allylic oxidation sites excluding steroid dienone is 2. The Labute approximate surface area is 198 Å². The molecule has 32 heavy (non-hydrogen) atoms. The quantitative estimate of drug-likeness (QED) is 0.274. The van der Waals surface area contributed by atoms with Gasteiger partial charge >= 0.3 is 0 Å². The number of unbranched alkanes of at least 4 members (excludes halogenated alkanes) is 2. The molecule has 0 bridgehead atoms. The summed E-state index contributed by atoms with van der Waals surface area (Å²) in [6.07, 6.45) is 26.3. The summed E-state index contributed by atoms with van der Waals surface area (Å²) in [5.41, 5.74) is 4.70. The molecule has 0 N–H and O–H groups in total. The van der Waals surface area contributed by atoms with Crippen LogP contribution in [0.1, 0.15) is 107 Å². The topological polar surface area (TPSA) is 0 Å². The summed E-state index contributed by atoms with van der Waals surface area (Å²) in [6, 6.07) is 21.7. The van der Waals surface area contributed by atoms with Gasteiger partial charge in [-0.2, -0.15) is 0 Å². The minimum atomic E-state index is 1.06. The van der Waals surface area contributed by atoms with Gasteiger partial charge in [0.15, 0.2) is 0 Å². The van der Waals surface area contributed by atoms with Crippen LogP contribution in [0.3, 0.4) is 0 Å². The zero-order valence-corrected chi connectivity index (χ0v) is 20.4. The van der Waals surface area contributed by atoms with Crippen LogP contribution in [0.25, 0.3) is 0 Å². The number of aryl methyl sites for hydroxylation is 2. The molecule has 2 aliphatic carbocycles. The van der Waals surface area contributed by atoms with Gasteiger partial charge in [-0.1, -0.05) is 124 Å². The second kappa shape index (κ2) is 15.9. The average Bonchev–Trinajstić information content (AvgIpc) is 2.88. The minimum absolute atomic E-state index is 1.06. The molecule has 0 radical (unpaired) electrons. The molecular formula is C32H46. The summed E-state index contributed by atoms with van der Waals surface area (Å²) < 4.78 is 0. The van der Waals surface area contributed by atoms with Crippen LogP contribution >= 0.6 is 0 Å². The predicted octanol–water partition coefficient (Wildman–Crippen LogP) is 9.88. The van der Waals surface area contributed by atoms with Crippen LogP contribution < -0.4 is 0 Å². The van der Waals surface area contributed by atoms with Crippen molar-refractivity contribution in [2.24, 2.45) is 5.92 Å². The molecule has 2 aromatic carbocycles. The molecule has 0 atom stereocenters. The van der Waals surface area contributed by atoms with Crippen LogP contribution in [0, 0.1) is 5.92 Å². The maximum Gasteiger partial charge on any atom is -0.0276 e. The SMILES string of the molecule is C(CCCc1ccccc1)=C1CCCCC1.c1ccc(CCCCC2CCCCC2)cc1. The van der Waals surface area contributed by atoms with E-state index in [1.54, 1.807) is 5.57 Å². The molecule has 4 rings (SSSR count). The first-order valence-electron chi connectivity index (χ1n) is 13.7. The molecule has 0 aromatic heterocycles. The van der Waals surface area contributed by atoms with Crippen LogP contribution in [0.4, 0.5) is 0 Å². The summed E-state index contributed by atoms with van der Waals surface area (Å²) >= 11 is 0. The molecule has 0 unspecified atom stereocenters. The molecule has 0 heteroatoms. The van der Waals surface area contributed by atoms with Crippen molar-refractivity contribution >= 4 is 0 Å². The Bertz CT molecular complexity index is 713. The highest BCUT2D eigenvalue weighted by Gasteiger charge is 2.12. The van der Waals surface area contributed by atoms with Crippen molar-refractivity contribution in [3.8, 4) is 0 Å². The Kier molecular flexibility index (Phi) is 12.3. The summed E-state index contributed by atoms with van der Waals surface area (Å²) in [5.74, 6) is 1.06. The Morgan fingerprint density at radius 2 is 1.16 bits per heavy atom. The lowest BCUT2D eigenvalue weighted by Crippen LogP contribution is -2.05. The first kappa shape index (κ1) is 24.8. The Hall–Kier alpha value is -1.82. The molecular weight excluding hydrogens is 384 g/mol. The second-order valence-electron chi connectivity index (χ2n) is 10.0. The lowest BCUT2D eigenvalue weighted by molar-refractivity contribution is 0.330. The molecule has 0 heterocycles. The van der Waals surface area contributed by atoms with Crippen molar-refractivity contribution in [1.82, 2.24) is 0 Å². The fourth-order valence-electron chi connectivity index (χ4n) is 5.35. The zero-order valence-electron chi connectivity index (χ0n) is 20.4. The van der Waals surface area contributed by atoms with Crippen molar-refractivity contribution in [2.45, 2.75) is 109 Å². The standard InChI is InChI=1S/C16H24.C16H22/c2*1-3-9-15(10-4-1)13-7-8-14-16-11-5-2-6-12-16/h1,3-4,9-10,16H,2,5-8,11-14H2;1,3-4,9-10,14H,2,5-8,11-13H2. The minimum Gasteiger partial charge on any atom is -0.0853 e. The molecule has 2 fully saturated rings. The Balaban J connectivity index is 0.000000181. The summed E-state index contributed by atoms with van der Waals surface area (Å²) in [5, 5.41) is 0. The highest BCUT2D eigenvalue weighted by Crippen LogP contribution is 2.28. The van der Waals surface area contributed by atoms with E-state index in [2.05, 4.69) is 66.7 Å². The third-order valence-corrected chi connectivity index (χ3v) is 7.34. The number of rotatable bonds is 9. The molecule has 2 aliphatic rings. The molecule has 2 aromatic rings. The smallest absolute Gasteiger partial charge is 0.0276 e. The van der Waals surface area contributed by atoms with Gasteiger partial charge in [0, 0.05) is 0 Å². The molecule has 2 saturated carbocycles. The monoisotopic (exact) mass is 430 g/mol. The van der Waals surface area contributed by atoms with Crippen LogP contribution in [-0.4, -0.2) is 0 Å². The van der Waals surface area contributed by atoms with Gasteiger partial charge in [-0.05, 0) is 74.8 Å². The normalized spacial score (nSPS) is 16.8. The number of hydrogen-bond donors (Lipinski definition) is 0. The van der Waals surface area contributed by atoms with Gasteiger partial charge in [-0.3, -0.25) is 0 Å². The number of benzene rings is 2. The van der Waals surface area contributed by atoms with E-state index in [1.807, 2.05) is 0 Å². The van der Waals surface area contributed by atoms with E-state index in [4.69, 9.17) is 0 Å². The van der Waals surface area contributed by atoms with Gasteiger partial charge in [0.2, 0.25) is 0 Å². The molecule has 0 aliphatic heterocycles. The van der Waals surface area contributed by atoms with E-state index in [0.717, 1.165) is 5.92 Å². The van der Waals surface area contributed by atoms with Crippen molar-refractivity contribution in [3.05, 3.63) is 83.4 Å². The van der Waals surface area contributed by atoms with E-state index in [1.165, 1.54) is 120 Å². The maximum absolute atomic E-state index is 2.50. The van der Waals surface area contributed by atoms with E-state index in [-0.39, 0.29) is 0 Å². The molecule has 0 amide bonds. The van der Waals surface area contributed by atoms with E-state index >= 15 is 0 Å². The van der Waals surface area contributed by atoms with Crippen LogP contribution in [0.5, 0.6) is 0 Å². The van der Waals surface area contributed by atoms with E-state index in [9.17, 15) is 0 Å². The van der Waals surface area contributed by atoms with Crippen LogP contribution in [0.2, 0.25) is 0 Å². The van der Waals surface area contributed by atoms with Gasteiger partial charge in [-0.25, -0.2) is 0 Å². The lowest BCUT2D eigenvalue weighted by Gasteiger charge is -2.21. The lowest BCUT2D eigenvalue weighted by atomic mass is 9.85. The molecule has 0 spiro atoms. The summed E-state index contributed by atoms with van der Waals surface area (Å²) in [6.45, 7) is 0. The van der Waals surface area contributed by atoms with Crippen molar-refractivity contribution in [1.29, 1.82) is 0 Å². The van der Waals surface area contributed by atoms with Gasteiger partial charge < -0.3 is 0 Å².